The van der Waals surface area contributed by atoms with Crippen molar-refractivity contribution in [3.63, 3.8) is 0 Å². The predicted molar refractivity (Wildman–Crippen MR) is 216 cm³/mol. The van der Waals surface area contributed by atoms with Crippen LogP contribution in [0, 0.1) is 13.8 Å². The molecule has 0 aliphatic carbocycles. The molecule has 0 saturated carbocycles. The maximum absolute atomic E-state index is 9.17. The SMILES string of the molecule is CCCCc1ccc(C(=C(CC)C(=C=[N+]=[N-])CC)c2cccc(CCCC)c2)cc1.[CH2-]CCCCCCCC.[CH2-]CCCCCCCC.[Ni+2]. The first-order chi connectivity index (χ1) is 23.5. The fourth-order valence-electron chi connectivity index (χ4n) is 5.87. The Bertz CT molecular complexity index is 1120. The van der Waals surface area contributed by atoms with Gasteiger partial charge >= 0.3 is 22.4 Å². The van der Waals surface area contributed by atoms with Crippen LogP contribution in [0.2, 0.25) is 0 Å². The zero-order valence-corrected chi connectivity index (χ0v) is 33.8. The number of aryl methyl sites for hydroxylation is 2. The number of nitrogens with zero attached hydrogens (tertiary/aromatic N) is 2. The molecule has 0 aliphatic heterocycles. The minimum atomic E-state index is 0. The molecule has 0 amide bonds. The van der Waals surface area contributed by atoms with Crippen molar-refractivity contribution < 1.29 is 21.3 Å². The van der Waals surface area contributed by atoms with Crippen LogP contribution < -0.4 is 0 Å². The van der Waals surface area contributed by atoms with Crippen molar-refractivity contribution in [1.29, 1.82) is 0 Å². The van der Waals surface area contributed by atoms with Gasteiger partial charge in [-0.1, -0.05) is 180 Å². The second kappa shape index (κ2) is 35.7. The maximum atomic E-state index is 9.17. The largest absolute Gasteiger partial charge is 2.00 e. The van der Waals surface area contributed by atoms with Gasteiger partial charge in [0.05, 0.1) is 5.57 Å². The van der Waals surface area contributed by atoms with E-state index in [1.165, 1.54) is 136 Å². The Morgan fingerprint density at radius 1 is 0.571 bits per heavy atom. The maximum Gasteiger partial charge on any atom is 2.00 e. The third kappa shape index (κ3) is 23.8. The summed E-state index contributed by atoms with van der Waals surface area (Å²) in [5, 5.41) is 0. The van der Waals surface area contributed by atoms with Crippen LogP contribution in [0.4, 0.5) is 0 Å². The summed E-state index contributed by atoms with van der Waals surface area (Å²) in [6.07, 6.45) is 27.6. The van der Waals surface area contributed by atoms with Gasteiger partial charge in [0.2, 0.25) is 0 Å². The Morgan fingerprint density at radius 2 is 1.06 bits per heavy atom. The van der Waals surface area contributed by atoms with Gasteiger partial charge in [0.1, 0.15) is 0 Å². The number of rotatable bonds is 23. The van der Waals surface area contributed by atoms with Crippen LogP contribution in [-0.2, 0) is 29.3 Å². The molecule has 2 aromatic rings. The van der Waals surface area contributed by atoms with E-state index in [2.05, 4.69) is 115 Å². The number of allylic oxidation sites excluding steroid dienone is 2. The molecule has 0 fully saturated rings. The first-order valence-corrected chi connectivity index (χ1v) is 20.0. The van der Waals surface area contributed by atoms with Crippen molar-refractivity contribution in [2.45, 2.75) is 183 Å². The van der Waals surface area contributed by atoms with E-state index in [0.717, 1.165) is 44.1 Å². The average molecular weight is 714 g/mol. The molecule has 0 aliphatic rings. The van der Waals surface area contributed by atoms with Crippen molar-refractivity contribution >= 4 is 11.4 Å². The van der Waals surface area contributed by atoms with Crippen LogP contribution in [0.25, 0.3) is 11.1 Å². The summed E-state index contributed by atoms with van der Waals surface area (Å²) in [6, 6.07) is 17.9. The molecule has 278 valence electrons. The normalized spacial score (nSPS) is 10.7. The molecule has 49 heavy (non-hydrogen) atoms. The molecule has 0 radical (unpaired) electrons. The van der Waals surface area contributed by atoms with E-state index < -0.39 is 0 Å². The Kier molecular flexibility index (Phi) is 35.6. The molecule has 0 spiro atoms. The summed E-state index contributed by atoms with van der Waals surface area (Å²) in [6.45, 7) is 20.8. The van der Waals surface area contributed by atoms with Crippen LogP contribution in [-0.4, -0.2) is 10.7 Å². The molecule has 0 heterocycles. The van der Waals surface area contributed by atoms with Crippen LogP contribution in [0.1, 0.15) is 192 Å². The van der Waals surface area contributed by atoms with Crippen molar-refractivity contribution in [2.75, 3.05) is 0 Å². The molecule has 0 N–H and O–H groups in total. The molecule has 0 saturated heterocycles. The molecular weight excluding hydrogens is 639 g/mol. The summed E-state index contributed by atoms with van der Waals surface area (Å²) in [5.41, 5.74) is 17.8. The molecule has 0 unspecified atom stereocenters. The summed E-state index contributed by atoms with van der Waals surface area (Å²) in [7, 11) is 0. The van der Waals surface area contributed by atoms with Gasteiger partial charge in [-0.15, -0.1) is 4.79 Å². The smallest absolute Gasteiger partial charge is 0.348 e. The Labute approximate surface area is 315 Å². The zero-order valence-electron chi connectivity index (χ0n) is 32.8. The number of benzene rings is 2. The van der Waals surface area contributed by atoms with Crippen molar-refractivity contribution in [3.05, 3.63) is 101 Å². The van der Waals surface area contributed by atoms with Gasteiger partial charge in [-0.05, 0) is 71.9 Å². The van der Waals surface area contributed by atoms with Gasteiger partial charge in [0.25, 0.3) is 0 Å². The van der Waals surface area contributed by atoms with Crippen molar-refractivity contribution in [2.24, 2.45) is 0 Å². The van der Waals surface area contributed by atoms with Gasteiger partial charge in [-0.25, -0.2) is 0 Å². The number of hydrogen-bond donors (Lipinski definition) is 0. The third-order valence-electron chi connectivity index (χ3n) is 8.86. The van der Waals surface area contributed by atoms with E-state index in [9.17, 15) is 0 Å². The molecule has 0 atom stereocenters. The van der Waals surface area contributed by atoms with Gasteiger partial charge in [0.15, 0.2) is 0 Å². The molecule has 0 aromatic heterocycles. The number of hydrogen-bond acceptors (Lipinski definition) is 0. The molecular formula is C46H74N2Ni. The third-order valence-corrected chi connectivity index (χ3v) is 8.86. The van der Waals surface area contributed by atoms with E-state index in [4.69, 9.17) is 5.53 Å². The standard InChI is InChI=1S/C28H36N2.2C9H19.Ni/c1-5-9-12-22-16-18-25(19-17-22)28(27(8-4)24(7-3)21-30-29)26-15-11-14-23(20-26)13-10-6-2;2*1-3-5-7-9-8-6-4-2;/h11,14-20H,5-10,12-13H2,1-4H3;2*1,3-9H2,2H3;/q;2*-1;+2. The van der Waals surface area contributed by atoms with E-state index in [-0.39, 0.29) is 16.5 Å². The van der Waals surface area contributed by atoms with E-state index >= 15 is 0 Å². The molecule has 2 rings (SSSR count). The monoisotopic (exact) mass is 713 g/mol. The Hall–Kier alpha value is -2.17. The average Bonchev–Trinajstić information content (AvgIpc) is 3.12. The van der Waals surface area contributed by atoms with E-state index in [1.54, 1.807) is 0 Å². The summed E-state index contributed by atoms with van der Waals surface area (Å²) in [5.74, 6) is 2.83. The first-order valence-electron chi connectivity index (χ1n) is 20.0. The van der Waals surface area contributed by atoms with E-state index in [0.29, 0.717) is 0 Å². The minimum Gasteiger partial charge on any atom is -0.348 e. The van der Waals surface area contributed by atoms with Crippen molar-refractivity contribution in [1.82, 2.24) is 0 Å². The number of unbranched alkanes of at least 4 members (excludes halogenated alkanes) is 14. The molecule has 2 nitrogen and oxygen atoms in total. The van der Waals surface area contributed by atoms with E-state index in [1.807, 2.05) is 0 Å². The quantitative estimate of drug-likeness (QED) is 0.0209. The van der Waals surface area contributed by atoms with Crippen LogP contribution in [0.15, 0.2) is 59.7 Å². The second-order valence-electron chi connectivity index (χ2n) is 13.1. The molecule has 3 heteroatoms. The molecule has 0 bridgehead atoms. The molecule has 2 aromatic carbocycles. The van der Waals surface area contributed by atoms with Gasteiger partial charge in [0, 0.05) is 0 Å². The first kappa shape index (κ1) is 48.9. The Morgan fingerprint density at radius 3 is 1.51 bits per heavy atom. The summed E-state index contributed by atoms with van der Waals surface area (Å²) < 4.78 is 0. The zero-order chi connectivity index (χ0) is 35.7. The van der Waals surface area contributed by atoms with Gasteiger partial charge in [-0.3, -0.25) is 0 Å². The van der Waals surface area contributed by atoms with Crippen LogP contribution >= 0.6 is 0 Å². The Balaban J connectivity index is 0. The van der Waals surface area contributed by atoms with Crippen LogP contribution in [0.5, 0.6) is 0 Å². The second-order valence-corrected chi connectivity index (χ2v) is 13.1. The minimum absolute atomic E-state index is 0. The summed E-state index contributed by atoms with van der Waals surface area (Å²) in [4.78, 5) is 3.23. The topological polar surface area (TPSA) is 36.4 Å². The van der Waals surface area contributed by atoms with Gasteiger partial charge < -0.3 is 19.4 Å². The van der Waals surface area contributed by atoms with Crippen molar-refractivity contribution in [3.8, 4) is 0 Å². The predicted octanol–water partition coefficient (Wildman–Crippen LogP) is 15.0. The summed E-state index contributed by atoms with van der Waals surface area (Å²) >= 11 is 0. The fourth-order valence-corrected chi connectivity index (χ4v) is 5.87. The van der Waals surface area contributed by atoms with Gasteiger partial charge in [-0.2, -0.15) is 12.8 Å². The fraction of sp³-hybridized carbons (Fsp3) is 0.609. The van der Waals surface area contributed by atoms with Crippen LogP contribution in [0.3, 0.4) is 0 Å².